The topological polar surface area (TPSA) is 94.5 Å². The first kappa shape index (κ1) is 27.0. The summed E-state index contributed by atoms with van der Waals surface area (Å²) in [6, 6.07) is 0. The molecule has 0 amide bonds. The molecular formula is C19H41O7P. The summed E-state index contributed by atoms with van der Waals surface area (Å²) in [5.74, 6) is 0. The van der Waals surface area contributed by atoms with Crippen LogP contribution < -0.4 is 0 Å². The van der Waals surface area contributed by atoms with E-state index in [4.69, 9.17) is 23.6 Å². The highest BCUT2D eigenvalue weighted by Gasteiger charge is 2.20. The maximum absolute atomic E-state index is 11.7. The first-order valence-corrected chi connectivity index (χ1v) is 12.0. The van der Waals surface area contributed by atoms with Gasteiger partial charge in [0.15, 0.2) is 0 Å². The highest BCUT2D eigenvalue weighted by atomic mass is 31.2. The van der Waals surface area contributed by atoms with E-state index in [1.54, 1.807) is 0 Å². The van der Waals surface area contributed by atoms with Gasteiger partial charge in [0.25, 0.3) is 0 Å². The molecular weight excluding hydrogens is 371 g/mol. The van der Waals surface area contributed by atoms with Gasteiger partial charge in [0, 0.05) is 0 Å². The van der Waals surface area contributed by atoms with Crippen LogP contribution in [0.2, 0.25) is 0 Å². The number of unbranched alkanes of at least 4 members (excludes halogenated alkanes) is 10. The third-order valence-corrected chi connectivity index (χ3v) is 5.11. The average molecular weight is 413 g/mol. The van der Waals surface area contributed by atoms with Crippen LogP contribution in [-0.4, -0.2) is 56.2 Å². The molecule has 2 N–H and O–H groups in total. The van der Waals surface area contributed by atoms with Crippen LogP contribution in [0.15, 0.2) is 0 Å². The Bertz CT molecular complexity index is 342. The van der Waals surface area contributed by atoms with E-state index in [0.29, 0.717) is 13.2 Å². The zero-order valence-electron chi connectivity index (χ0n) is 17.1. The van der Waals surface area contributed by atoms with Gasteiger partial charge in [0.1, 0.15) is 0 Å². The fraction of sp³-hybridized carbons (Fsp3) is 1.00. The van der Waals surface area contributed by atoms with E-state index >= 15 is 0 Å². The molecule has 164 valence electrons. The van der Waals surface area contributed by atoms with Gasteiger partial charge in [-0.15, -0.1) is 0 Å². The summed E-state index contributed by atoms with van der Waals surface area (Å²) in [5, 5.41) is 8.52. The predicted molar refractivity (Wildman–Crippen MR) is 107 cm³/mol. The van der Waals surface area contributed by atoms with E-state index in [0.717, 1.165) is 19.3 Å². The van der Waals surface area contributed by atoms with Crippen molar-refractivity contribution in [1.82, 2.24) is 0 Å². The van der Waals surface area contributed by atoms with Crippen LogP contribution in [0.4, 0.5) is 0 Å². The Labute approximate surface area is 165 Å². The molecule has 27 heavy (non-hydrogen) atoms. The van der Waals surface area contributed by atoms with Gasteiger partial charge in [-0.3, -0.25) is 9.05 Å². The summed E-state index contributed by atoms with van der Waals surface area (Å²) < 4.78 is 31.7. The molecule has 0 aromatic carbocycles. The van der Waals surface area contributed by atoms with Crippen molar-refractivity contribution < 1.29 is 33.1 Å². The van der Waals surface area contributed by atoms with E-state index in [9.17, 15) is 9.46 Å². The molecule has 0 aromatic heterocycles. The number of hydrogen-bond acceptors (Lipinski definition) is 6. The van der Waals surface area contributed by atoms with E-state index in [-0.39, 0.29) is 33.0 Å². The minimum Gasteiger partial charge on any atom is -0.394 e. The Balaban J connectivity index is 3.31. The lowest BCUT2D eigenvalue weighted by Gasteiger charge is -2.12. The first-order chi connectivity index (χ1) is 13.1. The normalized spacial score (nSPS) is 13.7. The van der Waals surface area contributed by atoms with E-state index < -0.39 is 7.82 Å². The molecule has 0 aliphatic heterocycles. The van der Waals surface area contributed by atoms with E-state index in [1.165, 1.54) is 51.4 Å². The van der Waals surface area contributed by atoms with Gasteiger partial charge in [-0.25, -0.2) is 4.57 Å². The monoisotopic (exact) mass is 412 g/mol. The third-order valence-electron chi connectivity index (χ3n) is 4.09. The maximum Gasteiger partial charge on any atom is 0.472 e. The molecule has 0 bridgehead atoms. The van der Waals surface area contributed by atoms with Crippen LogP contribution in [0.1, 0.15) is 77.6 Å². The lowest BCUT2D eigenvalue weighted by molar-refractivity contribution is 0.0201. The molecule has 0 aliphatic carbocycles. The molecule has 8 heteroatoms. The summed E-state index contributed by atoms with van der Waals surface area (Å²) in [4.78, 5) is 9.55. The zero-order valence-corrected chi connectivity index (χ0v) is 18.0. The van der Waals surface area contributed by atoms with Gasteiger partial charge in [-0.2, -0.15) is 0 Å². The Kier molecular flexibility index (Phi) is 20.7. The van der Waals surface area contributed by atoms with Gasteiger partial charge in [-0.1, -0.05) is 71.1 Å². The predicted octanol–water partition coefficient (Wildman–Crippen LogP) is 4.46. The van der Waals surface area contributed by atoms with Crippen molar-refractivity contribution in [3.63, 3.8) is 0 Å². The lowest BCUT2D eigenvalue weighted by atomic mass is 10.1. The molecule has 0 spiro atoms. The summed E-state index contributed by atoms with van der Waals surface area (Å²) in [5.41, 5.74) is 0. The number of ether oxygens (including phenoxy) is 2. The fourth-order valence-electron chi connectivity index (χ4n) is 2.58. The van der Waals surface area contributed by atoms with Crippen molar-refractivity contribution in [2.75, 3.05) is 46.2 Å². The van der Waals surface area contributed by atoms with Crippen molar-refractivity contribution in [2.45, 2.75) is 77.6 Å². The molecule has 1 unspecified atom stereocenters. The molecule has 0 rings (SSSR count). The van der Waals surface area contributed by atoms with Gasteiger partial charge in [-0.05, 0) is 6.42 Å². The van der Waals surface area contributed by atoms with Crippen molar-refractivity contribution in [3.05, 3.63) is 0 Å². The molecule has 0 saturated heterocycles. The summed E-state index contributed by atoms with van der Waals surface area (Å²) in [6.45, 7) is 3.62. The molecule has 1 atom stereocenters. The summed E-state index contributed by atoms with van der Waals surface area (Å²) in [7, 11) is -3.98. The number of aliphatic hydroxyl groups is 1. The van der Waals surface area contributed by atoms with Crippen LogP contribution in [0.5, 0.6) is 0 Å². The average Bonchev–Trinajstić information content (AvgIpc) is 2.64. The van der Waals surface area contributed by atoms with Crippen molar-refractivity contribution >= 4 is 7.82 Å². The highest BCUT2D eigenvalue weighted by Crippen LogP contribution is 2.43. The number of rotatable bonds is 22. The second-order valence-corrected chi connectivity index (χ2v) is 8.07. The quantitative estimate of drug-likeness (QED) is 0.200. The summed E-state index contributed by atoms with van der Waals surface area (Å²) in [6.07, 6.45) is 13.4. The molecule has 7 nitrogen and oxygen atoms in total. The van der Waals surface area contributed by atoms with Crippen LogP contribution in [0, 0.1) is 0 Å². The molecule has 0 fully saturated rings. The number of aliphatic hydroxyl groups excluding tert-OH is 1. The molecule has 0 aromatic rings. The van der Waals surface area contributed by atoms with Gasteiger partial charge in [0.2, 0.25) is 0 Å². The van der Waals surface area contributed by atoms with Gasteiger partial charge < -0.3 is 19.5 Å². The van der Waals surface area contributed by atoms with Gasteiger partial charge >= 0.3 is 7.82 Å². The minimum atomic E-state index is -3.98. The summed E-state index contributed by atoms with van der Waals surface area (Å²) >= 11 is 0. The number of phosphoric ester groups is 1. The Morgan fingerprint density at radius 1 is 0.630 bits per heavy atom. The Hall–Kier alpha value is -0.0100. The van der Waals surface area contributed by atoms with Crippen LogP contribution >= 0.6 is 7.82 Å². The smallest absolute Gasteiger partial charge is 0.394 e. The zero-order chi connectivity index (χ0) is 20.1. The Morgan fingerprint density at radius 3 is 1.63 bits per heavy atom. The fourth-order valence-corrected chi connectivity index (χ4v) is 3.32. The first-order valence-electron chi connectivity index (χ1n) is 10.5. The minimum absolute atomic E-state index is 0.00790. The molecule has 0 saturated carbocycles. The lowest BCUT2D eigenvalue weighted by Crippen LogP contribution is -2.10. The molecule has 0 heterocycles. The largest absolute Gasteiger partial charge is 0.472 e. The number of hydrogen-bond donors (Lipinski definition) is 2. The third kappa shape index (κ3) is 22.1. The second kappa shape index (κ2) is 20.7. The van der Waals surface area contributed by atoms with Crippen LogP contribution in [-0.2, 0) is 23.1 Å². The maximum atomic E-state index is 11.7. The van der Waals surface area contributed by atoms with Crippen molar-refractivity contribution in [3.8, 4) is 0 Å². The van der Waals surface area contributed by atoms with Gasteiger partial charge in [0.05, 0.1) is 46.2 Å². The van der Waals surface area contributed by atoms with Crippen LogP contribution in [0.3, 0.4) is 0 Å². The van der Waals surface area contributed by atoms with E-state index in [1.807, 2.05) is 0 Å². The van der Waals surface area contributed by atoms with Crippen molar-refractivity contribution in [1.29, 1.82) is 0 Å². The van der Waals surface area contributed by atoms with Crippen molar-refractivity contribution in [2.24, 2.45) is 0 Å². The highest BCUT2D eigenvalue weighted by molar-refractivity contribution is 7.47. The second-order valence-electron chi connectivity index (χ2n) is 6.62. The Morgan fingerprint density at radius 2 is 1.07 bits per heavy atom. The van der Waals surface area contributed by atoms with E-state index in [2.05, 4.69) is 6.92 Å². The SMILES string of the molecule is CCCCCCCCCCCCCOP(=O)(O)OCCOCCOCCO. The molecule has 0 radical (unpaired) electrons. The standard InChI is InChI=1S/C19H41O7P/c1-2-3-4-5-6-7-8-9-10-11-12-14-25-27(21,22)26-19-18-24-17-16-23-15-13-20/h20H,2-19H2,1H3,(H,21,22). The number of phosphoric acid groups is 1. The molecule has 0 aliphatic rings. The van der Waals surface area contributed by atoms with Crippen LogP contribution in [0.25, 0.3) is 0 Å².